The van der Waals surface area contributed by atoms with Gasteiger partial charge in [-0.15, -0.1) is 0 Å². The molecule has 2 heterocycles. The zero-order valence-electron chi connectivity index (χ0n) is 10.6. The van der Waals surface area contributed by atoms with E-state index in [0.29, 0.717) is 16.6 Å². The van der Waals surface area contributed by atoms with Gasteiger partial charge in [-0.05, 0) is 39.7 Å². The fraction of sp³-hybridized carbons (Fsp3) is 0.0769. The van der Waals surface area contributed by atoms with Crippen LogP contribution in [0.5, 0.6) is 0 Å². The zero-order valence-corrected chi connectivity index (χ0v) is 12.2. The van der Waals surface area contributed by atoms with Crippen LogP contribution in [0.1, 0.15) is 5.56 Å². The van der Waals surface area contributed by atoms with E-state index in [2.05, 4.69) is 31.5 Å². The minimum absolute atomic E-state index is 0.0603. The summed E-state index contributed by atoms with van der Waals surface area (Å²) in [5.74, 6) is 0.0929. The van der Waals surface area contributed by atoms with Gasteiger partial charge >= 0.3 is 5.69 Å². The van der Waals surface area contributed by atoms with Crippen molar-refractivity contribution in [2.24, 2.45) is 0 Å². The van der Waals surface area contributed by atoms with Crippen LogP contribution in [0.3, 0.4) is 0 Å². The highest BCUT2D eigenvalue weighted by molar-refractivity contribution is 9.10. The molecule has 1 aliphatic rings. The van der Waals surface area contributed by atoms with Crippen molar-refractivity contribution in [1.29, 1.82) is 0 Å². The fourth-order valence-electron chi connectivity index (χ4n) is 2.11. The van der Waals surface area contributed by atoms with Gasteiger partial charge in [0.15, 0.2) is 0 Å². The van der Waals surface area contributed by atoms with Crippen LogP contribution in [0.2, 0.25) is 0 Å². The van der Waals surface area contributed by atoms with Crippen LogP contribution in [0, 0.1) is 10.1 Å². The van der Waals surface area contributed by atoms with Crippen molar-refractivity contribution in [3.8, 4) is 0 Å². The molecule has 0 saturated carbocycles. The predicted octanol–water partition coefficient (Wildman–Crippen LogP) is 2.99. The third-order valence-corrected chi connectivity index (χ3v) is 3.46. The number of carbonyl (C=O) groups is 1. The summed E-state index contributed by atoms with van der Waals surface area (Å²) < 4.78 is 0.531. The second-order valence-corrected chi connectivity index (χ2v) is 5.42. The van der Waals surface area contributed by atoms with Gasteiger partial charge < -0.3 is 10.6 Å². The molecule has 0 aliphatic carbocycles. The molecule has 106 valence electrons. The number of anilines is 3. The molecule has 1 aromatic carbocycles. The van der Waals surface area contributed by atoms with E-state index >= 15 is 0 Å². The number of carbonyl (C=O) groups excluding carboxylic acids is 1. The van der Waals surface area contributed by atoms with Gasteiger partial charge in [0, 0.05) is 28.1 Å². The molecule has 8 heteroatoms. The smallest absolute Gasteiger partial charge is 0.312 e. The maximum atomic E-state index is 11.3. The van der Waals surface area contributed by atoms with E-state index in [4.69, 9.17) is 0 Å². The summed E-state index contributed by atoms with van der Waals surface area (Å²) in [6.45, 7) is 0. The normalized spacial score (nSPS) is 12.7. The average molecular weight is 349 g/mol. The highest BCUT2D eigenvalue weighted by Gasteiger charge is 2.19. The van der Waals surface area contributed by atoms with Crippen LogP contribution >= 0.6 is 15.9 Å². The van der Waals surface area contributed by atoms with Crippen LogP contribution < -0.4 is 10.6 Å². The van der Waals surface area contributed by atoms with Gasteiger partial charge in [-0.3, -0.25) is 14.9 Å². The molecule has 7 nitrogen and oxygen atoms in total. The Morgan fingerprint density at radius 2 is 2.19 bits per heavy atom. The lowest BCUT2D eigenvalue weighted by Gasteiger charge is -2.08. The van der Waals surface area contributed by atoms with Gasteiger partial charge in [-0.25, -0.2) is 4.98 Å². The monoisotopic (exact) mass is 348 g/mol. The molecule has 0 radical (unpaired) electrons. The third kappa shape index (κ3) is 2.70. The summed E-state index contributed by atoms with van der Waals surface area (Å²) in [7, 11) is 0. The quantitative estimate of drug-likeness (QED) is 0.656. The van der Waals surface area contributed by atoms with Crippen molar-refractivity contribution in [2.45, 2.75) is 6.42 Å². The van der Waals surface area contributed by atoms with Crippen molar-refractivity contribution in [1.82, 2.24) is 4.98 Å². The second-order valence-electron chi connectivity index (χ2n) is 4.50. The Labute approximate surface area is 127 Å². The van der Waals surface area contributed by atoms with Gasteiger partial charge in [0.25, 0.3) is 0 Å². The Morgan fingerprint density at radius 3 is 2.95 bits per heavy atom. The predicted molar refractivity (Wildman–Crippen MR) is 80.6 cm³/mol. The van der Waals surface area contributed by atoms with Gasteiger partial charge in [0.05, 0.1) is 11.3 Å². The van der Waals surface area contributed by atoms with E-state index < -0.39 is 4.92 Å². The summed E-state index contributed by atoms with van der Waals surface area (Å²) in [6.07, 6.45) is 1.79. The number of nitrogens with zero attached hydrogens (tertiary/aromatic N) is 2. The number of pyridine rings is 1. The third-order valence-electron chi connectivity index (χ3n) is 3.02. The standard InChI is InChI=1S/C13H9BrN4O3/c14-8-5-11(18(20)21)13(15-6-8)16-9-1-2-10-7(3-9)4-12(19)17-10/h1-3,5-6H,4H2,(H,15,16)(H,17,19). The van der Waals surface area contributed by atoms with E-state index in [0.717, 1.165) is 11.3 Å². The SMILES string of the molecule is O=C1Cc2cc(Nc3ncc(Br)cc3[N+](=O)[O-])ccc2N1. The summed E-state index contributed by atoms with van der Waals surface area (Å²) >= 11 is 3.16. The van der Waals surface area contributed by atoms with Crippen molar-refractivity contribution >= 4 is 44.7 Å². The molecular formula is C13H9BrN4O3. The molecule has 1 amide bonds. The Balaban J connectivity index is 1.93. The first-order chi connectivity index (χ1) is 10.0. The van der Waals surface area contributed by atoms with E-state index in [1.807, 2.05) is 0 Å². The number of nitrogens with one attached hydrogen (secondary N) is 2. The number of nitro groups is 1. The molecule has 0 unspecified atom stereocenters. The molecule has 0 spiro atoms. The first-order valence-electron chi connectivity index (χ1n) is 6.02. The molecule has 0 atom stereocenters. The van der Waals surface area contributed by atoms with Crippen LogP contribution in [0.15, 0.2) is 34.9 Å². The van der Waals surface area contributed by atoms with E-state index in [1.165, 1.54) is 12.3 Å². The summed E-state index contributed by atoms with van der Waals surface area (Å²) in [6, 6.07) is 6.65. The molecule has 0 fully saturated rings. The fourth-order valence-corrected chi connectivity index (χ4v) is 2.43. The van der Waals surface area contributed by atoms with Gasteiger partial charge in [0.1, 0.15) is 0 Å². The number of aromatic nitrogens is 1. The lowest BCUT2D eigenvalue weighted by molar-refractivity contribution is -0.384. The number of rotatable bonds is 3. The molecule has 2 N–H and O–H groups in total. The molecule has 2 aromatic rings. The minimum atomic E-state index is -0.501. The lowest BCUT2D eigenvalue weighted by Crippen LogP contribution is -2.03. The maximum Gasteiger partial charge on any atom is 0.312 e. The maximum absolute atomic E-state index is 11.3. The topological polar surface area (TPSA) is 97.2 Å². The largest absolute Gasteiger partial charge is 0.334 e. The summed E-state index contributed by atoms with van der Waals surface area (Å²) in [5, 5.41) is 16.7. The molecule has 0 saturated heterocycles. The van der Waals surface area contributed by atoms with Crippen molar-refractivity contribution in [3.05, 3.63) is 50.6 Å². The summed E-state index contributed by atoms with van der Waals surface area (Å²) in [5.41, 5.74) is 2.14. The summed E-state index contributed by atoms with van der Waals surface area (Å²) in [4.78, 5) is 25.9. The number of amides is 1. The Morgan fingerprint density at radius 1 is 1.38 bits per heavy atom. The number of halogens is 1. The molecule has 21 heavy (non-hydrogen) atoms. The van der Waals surface area contributed by atoms with Crippen LogP contribution in [0.4, 0.5) is 22.9 Å². The van der Waals surface area contributed by atoms with Gasteiger partial charge in [-0.1, -0.05) is 0 Å². The molecule has 0 bridgehead atoms. The second kappa shape index (κ2) is 5.13. The van der Waals surface area contributed by atoms with E-state index in [-0.39, 0.29) is 17.4 Å². The number of fused-ring (bicyclic) bond motifs is 1. The average Bonchev–Trinajstić information content (AvgIpc) is 2.80. The number of benzene rings is 1. The molecular weight excluding hydrogens is 340 g/mol. The minimum Gasteiger partial charge on any atom is -0.334 e. The zero-order chi connectivity index (χ0) is 15.0. The van der Waals surface area contributed by atoms with Gasteiger partial charge in [-0.2, -0.15) is 0 Å². The Kier molecular flexibility index (Phi) is 3.30. The molecule has 3 rings (SSSR count). The Hall–Kier alpha value is -2.48. The number of hydrogen-bond acceptors (Lipinski definition) is 5. The van der Waals surface area contributed by atoms with E-state index in [1.54, 1.807) is 18.2 Å². The molecule has 1 aromatic heterocycles. The molecule has 1 aliphatic heterocycles. The van der Waals surface area contributed by atoms with Gasteiger partial charge in [0.2, 0.25) is 11.7 Å². The highest BCUT2D eigenvalue weighted by Crippen LogP contribution is 2.31. The van der Waals surface area contributed by atoms with Crippen molar-refractivity contribution in [2.75, 3.05) is 10.6 Å². The lowest BCUT2D eigenvalue weighted by atomic mass is 10.1. The first-order valence-corrected chi connectivity index (χ1v) is 6.82. The van der Waals surface area contributed by atoms with Crippen LogP contribution in [0.25, 0.3) is 0 Å². The van der Waals surface area contributed by atoms with Crippen molar-refractivity contribution < 1.29 is 9.72 Å². The number of hydrogen-bond donors (Lipinski definition) is 2. The van der Waals surface area contributed by atoms with Crippen molar-refractivity contribution in [3.63, 3.8) is 0 Å². The Bertz CT molecular complexity index is 763. The van der Waals surface area contributed by atoms with Crippen LogP contribution in [-0.4, -0.2) is 15.8 Å². The van der Waals surface area contributed by atoms with E-state index in [9.17, 15) is 14.9 Å². The highest BCUT2D eigenvalue weighted by atomic mass is 79.9. The first kappa shape index (κ1) is 13.5. The van der Waals surface area contributed by atoms with Crippen LogP contribution in [-0.2, 0) is 11.2 Å².